The van der Waals surface area contributed by atoms with Gasteiger partial charge in [-0.1, -0.05) is 6.42 Å². The Balaban J connectivity index is 2.18. The maximum atomic E-state index is 11.5. The minimum Gasteiger partial charge on any atom is -0.481 e. The average Bonchev–Trinajstić information content (AvgIpc) is 2.79. The SMILES string of the molecule is CS(=O)(=O)NCCNC(=O)NCC1CCCC1C(=O)O. The molecule has 0 saturated heterocycles. The summed E-state index contributed by atoms with van der Waals surface area (Å²) >= 11 is 0. The third-order valence-corrected chi connectivity index (χ3v) is 4.00. The number of carboxylic acids is 1. The monoisotopic (exact) mass is 307 g/mol. The van der Waals surface area contributed by atoms with Crippen molar-refractivity contribution in [1.29, 1.82) is 0 Å². The molecule has 1 fully saturated rings. The zero-order chi connectivity index (χ0) is 15.2. The molecule has 1 aliphatic rings. The first kappa shape index (κ1) is 16.7. The summed E-state index contributed by atoms with van der Waals surface area (Å²) in [6, 6.07) is -0.420. The minimum atomic E-state index is -3.25. The largest absolute Gasteiger partial charge is 0.481 e. The zero-order valence-corrected chi connectivity index (χ0v) is 12.2. The number of carbonyl (C=O) groups excluding carboxylic acids is 1. The van der Waals surface area contributed by atoms with Crippen molar-refractivity contribution in [2.24, 2.45) is 11.8 Å². The molecule has 2 atom stereocenters. The number of hydrogen-bond acceptors (Lipinski definition) is 4. The van der Waals surface area contributed by atoms with Gasteiger partial charge in [0, 0.05) is 19.6 Å². The van der Waals surface area contributed by atoms with Crippen molar-refractivity contribution in [2.75, 3.05) is 25.9 Å². The maximum Gasteiger partial charge on any atom is 0.314 e. The molecular formula is C11H21N3O5S. The number of rotatable bonds is 7. The number of urea groups is 1. The van der Waals surface area contributed by atoms with Gasteiger partial charge in [0.05, 0.1) is 12.2 Å². The summed E-state index contributed by atoms with van der Waals surface area (Å²) < 4.78 is 23.8. The second-order valence-corrected chi connectivity index (χ2v) is 6.77. The molecule has 1 aliphatic carbocycles. The number of carbonyl (C=O) groups is 2. The topological polar surface area (TPSA) is 125 Å². The van der Waals surface area contributed by atoms with E-state index in [4.69, 9.17) is 5.11 Å². The summed E-state index contributed by atoms with van der Waals surface area (Å²) in [5, 5.41) is 14.1. The quantitative estimate of drug-likeness (QED) is 0.465. The van der Waals surface area contributed by atoms with Gasteiger partial charge in [-0.05, 0) is 18.8 Å². The van der Waals surface area contributed by atoms with Crippen LogP contribution in [0.5, 0.6) is 0 Å². The molecule has 0 bridgehead atoms. The number of carboxylic acid groups (broad SMARTS) is 1. The van der Waals surface area contributed by atoms with Crippen molar-refractivity contribution in [3.8, 4) is 0 Å². The van der Waals surface area contributed by atoms with E-state index in [1.54, 1.807) is 0 Å². The molecule has 2 unspecified atom stereocenters. The smallest absolute Gasteiger partial charge is 0.314 e. The summed E-state index contributed by atoms with van der Waals surface area (Å²) in [6.07, 6.45) is 3.36. The predicted molar refractivity (Wildman–Crippen MR) is 72.7 cm³/mol. The van der Waals surface area contributed by atoms with E-state index in [1.165, 1.54) is 0 Å². The summed E-state index contributed by atoms with van der Waals surface area (Å²) in [4.78, 5) is 22.4. The second-order valence-electron chi connectivity index (χ2n) is 4.94. The lowest BCUT2D eigenvalue weighted by Gasteiger charge is -2.16. The second kappa shape index (κ2) is 7.44. The van der Waals surface area contributed by atoms with Crippen LogP contribution in [-0.4, -0.2) is 51.4 Å². The van der Waals surface area contributed by atoms with E-state index in [1.807, 2.05) is 0 Å². The van der Waals surface area contributed by atoms with Crippen molar-refractivity contribution in [3.05, 3.63) is 0 Å². The Bertz CT molecular complexity index is 451. The molecule has 20 heavy (non-hydrogen) atoms. The first-order valence-electron chi connectivity index (χ1n) is 6.48. The summed E-state index contributed by atoms with van der Waals surface area (Å²) in [6.45, 7) is 0.613. The van der Waals surface area contributed by atoms with Gasteiger partial charge in [0.2, 0.25) is 10.0 Å². The Morgan fingerprint density at radius 3 is 2.50 bits per heavy atom. The van der Waals surface area contributed by atoms with Crippen molar-refractivity contribution in [2.45, 2.75) is 19.3 Å². The fourth-order valence-corrected chi connectivity index (χ4v) is 2.78. The first-order chi connectivity index (χ1) is 9.29. The number of aliphatic carboxylic acids is 1. The molecule has 9 heteroatoms. The van der Waals surface area contributed by atoms with Gasteiger partial charge in [0.1, 0.15) is 0 Å². The van der Waals surface area contributed by atoms with Crippen LogP contribution in [0, 0.1) is 11.8 Å². The molecule has 0 radical (unpaired) electrons. The van der Waals surface area contributed by atoms with Crippen LogP contribution in [0.1, 0.15) is 19.3 Å². The van der Waals surface area contributed by atoms with Crippen molar-refractivity contribution >= 4 is 22.0 Å². The third kappa shape index (κ3) is 6.20. The standard InChI is InChI=1S/C11H21N3O5S/c1-20(18,19)14-6-5-12-11(17)13-7-8-3-2-4-9(8)10(15)16/h8-9,14H,2-7H2,1H3,(H,15,16)(H2,12,13,17). The summed E-state index contributed by atoms with van der Waals surface area (Å²) in [7, 11) is -3.25. The van der Waals surface area contributed by atoms with E-state index < -0.39 is 22.0 Å². The van der Waals surface area contributed by atoms with Crippen LogP contribution in [0.4, 0.5) is 4.79 Å². The van der Waals surface area contributed by atoms with E-state index >= 15 is 0 Å². The lowest BCUT2D eigenvalue weighted by Crippen LogP contribution is -2.42. The van der Waals surface area contributed by atoms with Gasteiger partial charge in [-0.15, -0.1) is 0 Å². The van der Waals surface area contributed by atoms with Crippen molar-refractivity contribution in [3.63, 3.8) is 0 Å². The van der Waals surface area contributed by atoms with Crippen molar-refractivity contribution in [1.82, 2.24) is 15.4 Å². The zero-order valence-electron chi connectivity index (χ0n) is 11.4. The summed E-state index contributed by atoms with van der Waals surface area (Å²) in [5.41, 5.74) is 0. The van der Waals surface area contributed by atoms with Crippen LogP contribution >= 0.6 is 0 Å². The number of nitrogens with one attached hydrogen (secondary N) is 3. The van der Waals surface area contributed by atoms with E-state index in [0.29, 0.717) is 13.0 Å². The Hall–Kier alpha value is -1.35. The molecule has 0 aromatic rings. The molecule has 116 valence electrons. The molecule has 4 N–H and O–H groups in total. The van der Waals surface area contributed by atoms with Crippen LogP contribution in [0.3, 0.4) is 0 Å². The predicted octanol–water partition coefficient (Wildman–Crippen LogP) is -0.664. The molecule has 0 aromatic carbocycles. The van der Waals surface area contributed by atoms with Gasteiger partial charge in [0.25, 0.3) is 0 Å². The first-order valence-corrected chi connectivity index (χ1v) is 8.38. The average molecular weight is 307 g/mol. The normalized spacial score (nSPS) is 22.4. The Kier molecular flexibility index (Phi) is 6.21. The molecule has 1 saturated carbocycles. The van der Waals surface area contributed by atoms with E-state index in [9.17, 15) is 18.0 Å². The lowest BCUT2D eigenvalue weighted by atomic mass is 9.96. The highest BCUT2D eigenvalue weighted by atomic mass is 32.2. The highest BCUT2D eigenvalue weighted by molar-refractivity contribution is 7.88. The molecule has 0 heterocycles. The molecule has 2 amide bonds. The maximum absolute atomic E-state index is 11.5. The van der Waals surface area contributed by atoms with Crippen molar-refractivity contribution < 1.29 is 23.1 Å². The molecular weight excluding hydrogens is 286 g/mol. The number of hydrogen-bond donors (Lipinski definition) is 4. The van der Waals surface area contributed by atoms with Gasteiger partial charge in [0.15, 0.2) is 0 Å². The fraction of sp³-hybridized carbons (Fsp3) is 0.818. The van der Waals surface area contributed by atoms with Gasteiger partial charge in [-0.25, -0.2) is 17.9 Å². The minimum absolute atomic E-state index is 0.0348. The van der Waals surface area contributed by atoms with Gasteiger partial charge >= 0.3 is 12.0 Å². The van der Waals surface area contributed by atoms with E-state index in [0.717, 1.165) is 19.1 Å². The number of sulfonamides is 1. The Labute approximate surface area is 118 Å². The van der Waals surface area contributed by atoms with E-state index in [-0.39, 0.29) is 24.9 Å². The van der Waals surface area contributed by atoms with Crippen LogP contribution in [-0.2, 0) is 14.8 Å². The molecule has 8 nitrogen and oxygen atoms in total. The highest BCUT2D eigenvalue weighted by Crippen LogP contribution is 2.31. The summed E-state index contributed by atoms with van der Waals surface area (Å²) in [5.74, 6) is -1.23. The van der Waals surface area contributed by atoms with Gasteiger partial charge in [-0.3, -0.25) is 4.79 Å². The fourth-order valence-electron chi connectivity index (χ4n) is 2.31. The Morgan fingerprint density at radius 1 is 1.20 bits per heavy atom. The Morgan fingerprint density at radius 2 is 1.90 bits per heavy atom. The number of amides is 2. The van der Waals surface area contributed by atoms with E-state index in [2.05, 4.69) is 15.4 Å². The molecule has 0 aliphatic heterocycles. The van der Waals surface area contributed by atoms with Gasteiger partial charge < -0.3 is 15.7 Å². The van der Waals surface area contributed by atoms with Crippen LogP contribution in [0.2, 0.25) is 0 Å². The van der Waals surface area contributed by atoms with Crippen LogP contribution in [0.25, 0.3) is 0 Å². The molecule has 0 spiro atoms. The molecule has 1 rings (SSSR count). The highest BCUT2D eigenvalue weighted by Gasteiger charge is 2.32. The lowest BCUT2D eigenvalue weighted by molar-refractivity contribution is -0.142. The van der Waals surface area contributed by atoms with Gasteiger partial charge in [-0.2, -0.15) is 0 Å². The third-order valence-electron chi connectivity index (χ3n) is 3.28. The van der Waals surface area contributed by atoms with Crippen LogP contribution < -0.4 is 15.4 Å². The van der Waals surface area contributed by atoms with Crippen LogP contribution in [0.15, 0.2) is 0 Å². The molecule has 0 aromatic heterocycles.